The molecule has 0 aliphatic carbocycles. The number of benzene rings is 1. The van der Waals surface area contributed by atoms with Crippen LogP contribution in [-0.4, -0.2) is 40.0 Å². The van der Waals surface area contributed by atoms with Crippen molar-refractivity contribution >= 4 is 5.78 Å². The van der Waals surface area contributed by atoms with E-state index in [2.05, 4.69) is 11.8 Å². The number of phenols is 2. The van der Waals surface area contributed by atoms with Gasteiger partial charge in [0.25, 0.3) is 0 Å². The van der Waals surface area contributed by atoms with Crippen LogP contribution >= 0.6 is 0 Å². The Morgan fingerprint density at radius 1 is 1.26 bits per heavy atom. The van der Waals surface area contributed by atoms with Gasteiger partial charge >= 0.3 is 0 Å². The molecule has 104 valence electrons. The number of hydrogen-bond acceptors (Lipinski definition) is 4. The molecule has 1 aliphatic rings. The highest BCUT2D eigenvalue weighted by Crippen LogP contribution is 2.25. The number of phenolic OH excluding ortho intramolecular Hbond substituents is 2. The molecule has 0 aromatic heterocycles. The second-order valence-electron chi connectivity index (χ2n) is 5.30. The van der Waals surface area contributed by atoms with Gasteiger partial charge in [-0.05, 0) is 44.5 Å². The van der Waals surface area contributed by atoms with Crippen LogP contribution in [0.5, 0.6) is 11.5 Å². The Labute approximate surface area is 113 Å². The molecule has 2 rings (SSSR count). The van der Waals surface area contributed by atoms with E-state index in [4.69, 9.17) is 0 Å². The highest BCUT2D eigenvalue weighted by Gasteiger charge is 2.20. The van der Waals surface area contributed by atoms with Gasteiger partial charge in [0.15, 0.2) is 17.3 Å². The van der Waals surface area contributed by atoms with Gasteiger partial charge in [-0.25, -0.2) is 0 Å². The second kappa shape index (κ2) is 6.06. The molecule has 0 saturated carbocycles. The summed E-state index contributed by atoms with van der Waals surface area (Å²) in [5.74, 6) is -0.446. The van der Waals surface area contributed by atoms with Crippen molar-refractivity contribution < 1.29 is 15.0 Å². The molecule has 4 nitrogen and oxygen atoms in total. The summed E-state index contributed by atoms with van der Waals surface area (Å²) in [6.45, 7) is 3.50. The summed E-state index contributed by atoms with van der Waals surface area (Å²) < 4.78 is 0. The maximum Gasteiger partial charge on any atom is 0.176 e. The monoisotopic (exact) mass is 263 g/mol. The molecule has 1 atom stereocenters. The van der Waals surface area contributed by atoms with Crippen molar-refractivity contribution in [3.8, 4) is 11.5 Å². The minimum Gasteiger partial charge on any atom is -0.504 e. The lowest BCUT2D eigenvalue weighted by atomic mass is 10.1. The van der Waals surface area contributed by atoms with E-state index in [9.17, 15) is 15.0 Å². The Hall–Kier alpha value is -1.55. The smallest absolute Gasteiger partial charge is 0.176 e. The van der Waals surface area contributed by atoms with Gasteiger partial charge in [0.05, 0.1) is 6.54 Å². The molecule has 1 heterocycles. The van der Waals surface area contributed by atoms with Crippen LogP contribution in [0.25, 0.3) is 0 Å². The average molecular weight is 263 g/mol. The zero-order valence-electron chi connectivity index (χ0n) is 11.3. The van der Waals surface area contributed by atoms with Crippen molar-refractivity contribution in [1.82, 2.24) is 4.90 Å². The fourth-order valence-corrected chi connectivity index (χ4v) is 2.54. The molecule has 0 bridgehead atoms. The number of Topliss-reactive ketones (excluding diaryl/α,β-unsaturated/α-hetero) is 1. The molecular formula is C15H21NO3. The van der Waals surface area contributed by atoms with Gasteiger partial charge in [0.1, 0.15) is 0 Å². The topological polar surface area (TPSA) is 60.8 Å². The van der Waals surface area contributed by atoms with Crippen LogP contribution < -0.4 is 0 Å². The Kier molecular flexibility index (Phi) is 4.43. The van der Waals surface area contributed by atoms with Gasteiger partial charge in [0, 0.05) is 11.6 Å². The van der Waals surface area contributed by atoms with Crippen LogP contribution in [0.4, 0.5) is 0 Å². The summed E-state index contributed by atoms with van der Waals surface area (Å²) in [6.07, 6.45) is 4.73. The lowest BCUT2D eigenvalue weighted by Gasteiger charge is -2.26. The van der Waals surface area contributed by atoms with E-state index in [1.807, 2.05) is 0 Å². The maximum absolute atomic E-state index is 12.2. The quantitative estimate of drug-likeness (QED) is 0.650. The number of likely N-dealkylation sites (tertiary alicyclic amines) is 1. The first-order valence-electron chi connectivity index (χ1n) is 6.87. The normalized spacial score (nSPS) is 21.0. The average Bonchev–Trinajstić information content (AvgIpc) is 2.58. The Morgan fingerprint density at radius 2 is 2.05 bits per heavy atom. The molecule has 1 aromatic rings. The van der Waals surface area contributed by atoms with E-state index in [-0.39, 0.29) is 17.3 Å². The summed E-state index contributed by atoms with van der Waals surface area (Å²) in [5.41, 5.74) is 0.451. The molecule has 1 fully saturated rings. The minimum atomic E-state index is -0.241. The molecule has 2 N–H and O–H groups in total. The van der Waals surface area contributed by atoms with Crippen molar-refractivity contribution in [3.63, 3.8) is 0 Å². The van der Waals surface area contributed by atoms with E-state index in [0.29, 0.717) is 18.2 Å². The predicted octanol–water partition coefficient (Wildman–Crippen LogP) is 2.55. The molecule has 0 amide bonds. The zero-order chi connectivity index (χ0) is 13.8. The van der Waals surface area contributed by atoms with Gasteiger partial charge in [-0.3, -0.25) is 9.69 Å². The molecule has 1 unspecified atom stereocenters. The van der Waals surface area contributed by atoms with Gasteiger partial charge in [-0.2, -0.15) is 0 Å². The van der Waals surface area contributed by atoms with E-state index >= 15 is 0 Å². The minimum absolute atomic E-state index is 0.0101. The molecule has 0 radical (unpaired) electrons. The van der Waals surface area contributed by atoms with Crippen molar-refractivity contribution in [2.75, 3.05) is 13.1 Å². The number of hydrogen-bond donors (Lipinski definition) is 2. The first-order valence-corrected chi connectivity index (χ1v) is 6.87. The van der Waals surface area contributed by atoms with E-state index < -0.39 is 0 Å². The molecule has 1 saturated heterocycles. The Balaban J connectivity index is 2.05. The largest absolute Gasteiger partial charge is 0.504 e. The number of carbonyl (C=O) groups excluding carboxylic acids is 1. The first kappa shape index (κ1) is 13.9. The second-order valence-corrected chi connectivity index (χ2v) is 5.30. The lowest BCUT2D eigenvalue weighted by molar-refractivity contribution is 0.0901. The van der Waals surface area contributed by atoms with Gasteiger partial charge in [0.2, 0.25) is 0 Å². The Morgan fingerprint density at radius 3 is 2.79 bits per heavy atom. The van der Waals surface area contributed by atoms with Gasteiger partial charge < -0.3 is 10.2 Å². The molecule has 1 aliphatic heterocycles. The lowest BCUT2D eigenvalue weighted by Crippen LogP contribution is -2.37. The first-order chi connectivity index (χ1) is 9.08. The van der Waals surface area contributed by atoms with Gasteiger partial charge in [-0.15, -0.1) is 0 Å². The van der Waals surface area contributed by atoms with Crippen LogP contribution in [0.2, 0.25) is 0 Å². The van der Waals surface area contributed by atoms with Crippen LogP contribution in [0.15, 0.2) is 18.2 Å². The predicted molar refractivity (Wildman–Crippen MR) is 73.6 cm³/mol. The summed E-state index contributed by atoms with van der Waals surface area (Å²) in [4.78, 5) is 14.4. The van der Waals surface area contributed by atoms with Crippen molar-refractivity contribution in [1.29, 1.82) is 0 Å². The Bertz CT molecular complexity index is 459. The number of nitrogens with zero attached hydrogens (tertiary/aromatic N) is 1. The van der Waals surface area contributed by atoms with Crippen LogP contribution in [0.3, 0.4) is 0 Å². The van der Waals surface area contributed by atoms with E-state index in [0.717, 1.165) is 19.4 Å². The third-order valence-corrected chi connectivity index (χ3v) is 3.83. The summed E-state index contributed by atoms with van der Waals surface area (Å²) in [7, 11) is 0. The highest BCUT2D eigenvalue weighted by molar-refractivity contribution is 5.98. The van der Waals surface area contributed by atoms with E-state index in [1.165, 1.54) is 25.0 Å². The zero-order valence-corrected chi connectivity index (χ0v) is 11.3. The summed E-state index contributed by atoms with van der Waals surface area (Å²) >= 11 is 0. The molecule has 4 heteroatoms. The van der Waals surface area contributed by atoms with Crippen LogP contribution in [0.1, 0.15) is 43.0 Å². The number of aromatic hydroxyl groups is 2. The van der Waals surface area contributed by atoms with Crippen molar-refractivity contribution in [2.24, 2.45) is 0 Å². The third-order valence-electron chi connectivity index (χ3n) is 3.83. The highest BCUT2D eigenvalue weighted by atomic mass is 16.3. The molecule has 0 spiro atoms. The van der Waals surface area contributed by atoms with Crippen LogP contribution in [0, 0.1) is 0 Å². The van der Waals surface area contributed by atoms with Crippen molar-refractivity contribution in [3.05, 3.63) is 23.8 Å². The molecule has 19 heavy (non-hydrogen) atoms. The third kappa shape index (κ3) is 3.47. The van der Waals surface area contributed by atoms with Gasteiger partial charge in [-0.1, -0.05) is 12.8 Å². The summed E-state index contributed by atoms with van der Waals surface area (Å²) in [5, 5.41) is 18.7. The fourth-order valence-electron chi connectivity index (χ4n) is 2.54. The molecule has 1 aromatic carbocycles. The standard InChI is InChI=1S/C15H21NO3/c1-11-5-3-2-4-8-16(11)10-15(19)12-6-7-13(17)14(18)9-12/h6-7,9,11,17-18H,2-5,8,10H2,1H3. The summed E-state index contributed by atoms with van der Waals surface area (Å²) in [6, 6.07) is 4.67. The number of rotatable bonds is 3. The number of carbonyl (C=O) groups is 1. The van der Waals surface area contributed by atoms with E-state index in [1.54, 1.807) is 6.07 Å². The van der Waals surface area contributed by atoms with Crippen LogP contribution in [-0.2, 0) is 0 Å². The number of ketones is 1. The van der Waals surface area contributed by atoms with Crippen molar-refractivity contribution in [2.45, 2.75) is 38.6 Å². The maximum atomic E-state index is 12.2. The fraction of sp³-hybridized carbons (Fsp3) is 0.533. The SMILES string of the molecule is CC1CCCCCN1CC(=O)c1ccc(O)c(O)c1. The molecular weight excluding hydrogens is 242 g/mol.